The number of methoxy groups -OCH3 is 1. The highest BCUT2D eigenvalue weighted by molar-refractivity contribution is 6.74. The first-order valence-corrected chi connectivity index (χ1v) is 17.9. The normalized spacial score (nSPS) is 31.8. The van der Waals surface area contributed by atoms with Crippen LogP contribution in [0.3, 0.4) is 0 Å². The molecule has 38 heavy (non-hydrogen) atoms. The van der Waals surface area contributed by atoms with Crippen molar-refractivity contribution in [2.24, 2.45) is 23.2 Å². The SMILES string of the molecule is COC(=O)[C@H](CC(C)C)NC[C@]1(O)CC[C@H]2[C@@H]3CCc4cc(O[Si](C)(C)C(C)(C)C)ccc4[C@H]3CC[C@@]21C. The van der Waals surface area contributed by atoms with Gasteiger partial charge in [0.25, 0.3) is 0 Å². The number of benzene rings is 1. The summed E-state index contributed by atoms with van der Waals surface area (Å²) in [6, 6.07) is 6.53. The van der Waals surface area contributed by atoms with Crippen molar-refractivity contribution in [3.63, 3.8) is 0 Å². The van der Waals surface area contributed by atoms with Crippen LogP contribution in [0.4, 0.5) is 0 Å². The minimum absolute atomic E-state index is 0.136. The van der Waals surface area contributed by atoms with Crippen molar-refractivity contribution >= 4 is 14.3 Å². The van der Waals surface area contributed by atoms with Gasteiger partial charge in [0.2, 0.25) is 8.32 Å². The van der Waals surface area contributed by atoms with E-state index < -0.39 is 13.9 Å². The van der Waals surface area contributed by atoms with Crippen molar-refractivity contribution < 1.29 is 19.1 Å². The second kappa shape index (κ2) is 10.6. The van der Waals surface area contributed by atoms with E-state index in [1.54, 1.807) is 0 Å². The van der Waals surface area contributed by atoms with Crippen LogP contribution in [0.15, 0.2) is 18.2 Å². The smallest absolute Gasteiger partial charge is 0.322 e. The molecule has 214 valence electrons. The minimum atomic E-state index is -1.87. The van der Waals surface area contributed by atoms with Gasteiger partial charge in [0.15, 0.2) is 0 Å². The van der Waals surface area contributed by atoms with Crippen LogP contribution in [0, 0.1) is 23.2 Å². The Morgan fingerprint density at radius 1 is 1.18 bits per heavy atom. The molecule has 4 rings (SSSR count). The van der Waals surface area contributed by atoms with Gasteiger partial charge in [0, 0.05) is 12.0 Å². The largest absolute Gasteiger partial charge is 0.543 e. The summed E-state index contributed by atoms with van der Waals surface area (Å²) in [5.74, 6) is 2.86. The monoisotopic (exact) mass is 543 g/mol. The molecule has 0 heterocycles. The molecule has 1 aromatic rings. The second-order valence-electron chi connectivity index (χ2n) is 14.8. The molecule has 0 spiro atoms. The maximum atomic E-state index is 12.4. The number of fused-ring (bicyclic) bond motifs is 5. The summed E-state index contributed by atoms with van der Waals surface area (Å²) in [6.45, 7) is 18.5. The first-order valence-electron chi connectivity index (χ1n) is 15.0. The second-order valence-corrected chi connectivity index (χ2v) is 19.5. The van der Waals surface area contributed by atoms with Crippen LogP contribution < -0.4 is 9.74 Å². The molecular formula is C32H53NO4Si. The number of esters is 1. The van der Waals surface area contributed by atoms with E-state index >= 15 is 0 Å². The van der Waals surface area contributed by atoms with Crippen LogP contribution in [-0.4, -0.2) is 44.7 Å². The zero-order valence-corrected chi connectivity index (χ0v) is 26.4. The lowest BCUT2D eigenvalue weighted by Crippen LogP contribution is -2.57. The number of nitrogens with one attached hydrogen (secondary N) is 1. The Labute approximate surface area is 232 Å². The topological polar surface area (TPSA) is 67.8 Å². The van der Waals surface area contributed by atoms with Crippen LogP contribution in [0.5, 0.6) is 5.75 Å². The summed E-state index contributed by atoms with van der Waals surface area (Å²) >= 11 is 0. The number of carbonyl (C=O) groups is 1. The lowest BCUT2D eigenvalue weighted by Gasteiger charge is -2.53. The number of hydrogen-bond acceptors (Lipinski definition) is 5. The summed E-state index contributed by atoms with van der Waals surface area (Å²) in [5.41, 5.74) is 2.05. The van der Waals surface area contributed by atoms with Crippen molar-refractivity contribution in [1.82, 2.24) is 5.32 Å². The molecule has 0 saturated heterocycles. The third-order valence-electron chi connectivity index (χ3n) is 11.0. The molecule has 2 N–H and O–H groups in total. The number of ether oxygens (including phenoxy) is 1. The molecule has 3 aliphatic carbocycles. The Kier molecular flexibility index (Phi) is 8.22. The molecule has 2 saturated carbocycles. The van der Waals surface area contributed by atoms with Gasteiger partial charge in [-0.3, -0.25) is 4.79 Å². The summed E-state index contributed by atoms with van der Waals surface area (Å²) in [5, 5.41) is 15.7. The molecule has 3 aliphatic rings. The molecule has 0 aromatic heterocycles. The molecule has 5 nitrogen and oxygen atoms in total. The van der Waals surface area contributed by atoms with E-state index in [0.717, 1.165) is 37.9 Å². The molecule has 1 aromatic carbocycles. The predicted octanol–water partition coefficient (Wildman–Crippen LogP) is 6.84. The van der Waals surface area contributed by atoms with Gasteiger partial charge in [-0.25, -0.2) is 0 Å². The van der Waals surface area contributed by atoms with Gasteiger partial charge in [-0.1, -0.05) is 47.6 Å². The average Bonchev–Trinajstić information content (AvgIpc) is 3.10. The molecule has 0 unspecified atom stereocenters. The fourth-order valence-electron chi connectivity index (χ4n) is 7.64. The third kappa shape index (κ3) is 5.34. The molecule has 0 amide bonds. The van der Waals surface area contributed by atoms with Crippen LogP contribution in [0.25, 0.3) is 0 Å². The summed E-state index contributed by atoms with van der Waals surface area (Å²) in [6.07, 6.45) is 6.98. The van der Waals surface area contributed by atoms with Gasteiger partial charge in [0.1, 0.15) is 11.8 Å². The van der Waals surface area contributed by atoms with Gasteiger partial charge in [-0.15, -0.1) is 0 Å². The van der Waals surface area contributed by atoms with Gasteiger partial charge in [-0.05, 0) is 110 Å². The Morgan fingerprint density at radius 3 is 2.53 bits per heavy atom. The van der Waals surface area contributed by atoms with Gasteiger partial charge < -0.3 is 19.6 Å². The quantitative estimate of drug-likeness (QED) is 0.278. The standard InChI is InChI=1S/C32H53NO4Si/c1-21(2)18-28(29(34)36-7)33-20-32(35)17-15-27-26-12-10-22-19-23(37-38(8,9)30(3,4)5)11-13-24(22)25(26)14-16-31(27,32)6/h11,13,19,21,25-28,33,35H,10,12,14-18,20H2,1-9H3/t25-,26-,27+,28+,31+,32-/m1/s1. The van der Waals surface area contributed by atoms with Crippen molar-refractivity contribution in [2.75, 3.05) is 13.7 Å². The van der Waals surface area contributed by atoms with E-state index in [1.807, 2.05) is 0 Å². The highest BCUT2D eigenvalue weighted by Crippen LogP contribution is 2.64. The predicted molar refractivity (Wildman–Crippen MR) is 157 cm³/mol. The fourth-order valence-corrected chi connectivity index (χ4v) is 8.66. The minimum Gasteiger partial charge on any atom is -0.543 e. The molecule has 6 atom stereocenters. The zero-order chi connectivity index (χ0) is 28.1. The van der Waals surface area contributed by atoms with Gasteiger partial charge >= 0.3 is 5.97 Å². The molecule has 2 fully saturated rings. The zero-order valence-electron chi connectivity index (χ0n) is 25.4. The van der Waals surface area contributed by atoms with E-state index in [1.165, 1.54) is 24.7 Å². The highest BCUT2D eigenvalue weighted by atomic mass is 28.4. The van der Waals surface area contributed by atoms with Crippen LogP contribution in [0.2, 0.25) is 18.1 Å². The van der Waals surface area contributed by atoms with Crippen LogP contribution in [0.1, 0.15) is 97.1 Å². The molecule has 0 aliphatic heterocycles. The van der Waals surface area contributed by atoms with E-state index in [2.05, 4.69) is 78.2 Å². The summed E-state index contributed by atoms with van der Waals surface area (Å²) in [7, 11) is -0.419. The Morgan fingerprint density at radius 2 is 1.89 bits per heavy atom. The van der Waals surface area contributed by atoms with Crippen molar-refractivity contribution in [3.8, 4) is 5.75 Å². The first kappa shape index (κ1) is 29.6. The number of carbonyl (C=O) groups excluding carboxylic acids is 1. The lowest BCUT2D eigenvalue weighted by atomic mass is 9.53. The Hall–Kier alpha value is -1.37. The molecular weight excluding hydrogens is 490 g/mol. The Balaban J connectivity index is 1.49. The maximum Gasteiger partial charge on any atom is 0.322 e. The maximum absolute atomic E-state index is 12.4. The number of hydrogen-bond donors (Lipinski definition) is 2. The van der Waals surface area contributed by atoms with E-state index in [9.17, 15) is 9.90 Å². The van der Waals surface area contributed by atoms with Gasteiger partial charge in [-0.2, -0.15) is 0 Å². The molecule has 0 bridgehead atoms. The number of rotatable bonds is 8. The first-order chi connectivity index (χ1) is 17.6. The van der Waals surface area contributed by atoms with Crippen molar-refractivity contribution in [1.29, 1.82) is 0 Å². The van der Waals surface area contributed by atoms with Gasteiger partial charge in [0.05, 0.1) is 12.7 Å². The van der Waals surface area contributed by atoms with E-state index in [4.69, 9.17) is 9.16 Å². The van der Waals surface area contributed by atoms with Crippen LogP contribution in [-0.2, 0) is 16.0 Å². The summed E-state index contributed by atoms with van der Waals surface area (Å²) < 4.78 is 11.7. The van der Waals surface area contributed by atoms with Crippen molar-refractivity contribution in [3.05, 3.63) is 29.3 Å². The van der Waals surface area contributed by atoms with Crippen LogP contribution >= 0.6 is 0 Å². The molecule has 6 heteroatoms. The lowest BCUT2D eigenvalue weighted by molar-refractivity contribution is -0.144. The van der Waals surface area contributed by atoms with E-state index in [-0.39, 0.29) is 22.5 Å². The van der Waals surface area contributed by atoms with Crippen molar-refractivity contribution in [2.45, 2.75) is 122 Å². The molecule has 0 radical (unpaired) electrons. The number of aliphatic hydroxyl groups is 1. The average molecular weight is 544 g/mol. The Bertz CT molecular complexity index is 1020. The van der Waals surface area contributed by atoms with E-state index in [0.29, 0.717) is 36.6 Å². The third-order valence-corrected chi connectivity index (χ3v) is 15.4. The number of aryl methyl sites for hydroxylation is 1. The highest BCUT2D eigenvalue weighted by Gasteiger charge is 2.61. The summed E-state index contributed by atoms with van der Waals surface area (Å²) in [4.78, 5) is 12.4. The fraction of sp³-hybridized carbons (Fsp3) is 0.781.